The van der Waals surface area contributed by atoms with Gasteiger partial charge in [-0.15, -0.1) is 0 Å². The van der Waals surface area contributed by atoms with Crippen LogP contribution >= 0.6 is 0 Å². The molecule has 0 saturated carbocycles. The predicted molar refractivity (Wildman–Crippen MR) is 73.5 cm³/mol. The smallest absolute Gasteiger partial charge is 0.304 e. The number of unbranched alkanes of at least 4 members (excludes halogenated alkanes) is 3. The maximum atomic E-state index is 11.1. The van der Waals surface area contributed by atoms with Gasteiger partial charge in [0.2, 0.25) is 6.29 Å². The Hall–Kier alpha value is -0.610. The predicted octanol–water partition coefficient (Wildman–Crippen LogP) is 3.63. The third-order valence-corrected chi connectivity index (χ3v) is 3.29. The molecule has 1 aliphatic heterocycles. The fourth-order valence-corrected chi connectivity index (χ4v) is 2.26. The molecule has 0 spiro atoms. The van der Waals surface area contributed by atoms with Gasteiger partial charge in [-0.1, -0.05) is 46.5 Å². The molecular weight excluding hydrogens is 244 g/mol. The van der Waals surface area contributed by atoms with Gasteiger partial charge in [-0.25, -0.2) is 0 Å². The highest BCUT2D eigenvalue weighted by Crippen LogP contribution is 2.27. The van der Waals surface area contributed by atoms with Gasteiger partial charge in [0, 0.05) is 19.3 Å². The molecule has 1 aliphatic rings. The summed E-state index contributed by atoms with van der Waals surface area (Å²) in [5.41, 5.74) is 0. The van der Waals surface area contributed by atoms with E-state index in [1.54, 1.807) is 0 Å². The minimum atomic E-state index is -0.449. The lowest BCUT2D eigenvalue weighted by molar-refractivity contribution is -0.310. The average molecular weight is 272 g/mol. The van der Waals surface area contributed by atoms with E-state index in [-0.39, 0.29) is 24.3 Å². The molecule has 0 aromatic heterocycles. The van der Waals surface area contributed by atoms with E-state index in [4.69, 9.17) is 14.2 Å². The molecule has 0 aromatic carbocycles. The zero-order valence-corrected chi connectivity index (χ0v) is 12.7. The SMILES string of the molecule is CCCCCC[C@H]1C[C@H](OC(C)=O)O[C@@H](C(C)C)O1. The van der Waals surface area contributed by atoms with Gasteiger partial charge in [0.15, 0.2) is 6.29 Å². The number of hydrogen-bond acceptors (Lipinski definition) is 4. The number of carbonyl (C=O) groups excluding carboxylic acids is 1. The van der Waals surface area contributed by atoms with Crippen molar-refractivity contribution in [3.05, 3.63) is 0 Å². The lowest BCUT2D eigenvalue weighted by Crippen LogP contribution is -2.42. The molecule has 112 valence electrons. The third kappa shape index (κ3) is 6.39. The normalized spacial score (nSPS) is 27.5. The number of esters is 1. The molecule has 0 bridgehead atoms. The Balaban J connectivity index is 2.43. The number of rotatable bonds is 7. The monoisotopic (exact) mass is 272 g/mol. The molecule has 1 rings (SSSR count). The first-order chi connectivity index (χ1) is 9.02. The van der Waals surface area contributed by atoms with Crippen LogP contribution in [-0.2, 0) is 19.0 Å². The van der Waals surface area contributed by atoms with Crippen LogP contribution in [0, 0.1) is 5.92 Å². The summed E-state index contributed by atoms with van der Waals surface area (Å²) < 4.78 is 16.8. The second-order valence-corrected chi connectivity index (χ2v) is 5.63. The van der Waals surface area contributed by atoms with Gasteiger partial charge < -0.3 is 14.2 Å². The van der Waals surface area contributed by atoms with Crippen molar-refractivity contribution in [2.75, 3.05) is 0 Å². The van der Waals surface area contributed by atoms with Crippen LogP contribution in [0.4, 0.5) is 0 Å². The molecule has 0 N–H and O–H groups in total. The van der Waals surface area contributed by atoms with Crippen molar-refractivity contribution in [1.82, 2.24) is 0 Å². The standard InChI is InChI=1S/C15H28O4/c1-5-6-7-8-9-13-10-14(17-12(4)16)19-15(18-13)11(2)3/h11,13-15H,5-10H2,1-4H3/t13-,14+,15-/m0/s1. The molecule has 4 heteroatoms. The van der Waals surface area contributed by atoms with Crippen molar-refractivity contribution in [2.45, 2.75) is 84.9 Å². The van der Waals surface area contributed by atoms with E-state index in [9.17, 15) is 4.79 Å². The van der Waals surface area contributed by atoms with Gasteiger partial charge in [-0.05, 0) is 6.42 Å². The molecule has 3 atom stereocenters. The van der Waals surface area contributed by atoms with E-state index >= 15 is 0 Å². The largest absolute Gasteiger partial charge is 0.436 e. The topological polar surface area (TPSA) is 44.8 Å². The van der Waals surface area contributed by atoms with Crippen molar-refractivity contribution >= 4 is 5.97 Å². The molecule has 0 aromatic rings. The van der Waals surface area contributed by atoms with Crippen LogP contribution in [0.25, 0.3) is 0 Å². The molecule has 1 fully saturated rings. The molecule has 0 radical (unpaired) electrons. The molecule has 4 nitrogen and oxygen atoms in total. The van der Waals surface area contributed by atoms with E-state index < -0.39 is 6.29 Å². The van der Waals surface area contributed by atoms with Crippen LogP contribution in [0.15, 0.2) is 0 Å². The van der Waals surface area contributed by atoms with E-state index in [1.807, 2.05) is 0 Å². The van der Waals surface area contributed by atoms with Gasteiger partial charge in [0.25, 0.3) is 0 Å². The third-order valence-electron chi connectivity index (χ3n) is 3.29. The Morgan fingerprint density at radius 3 is 2.58 bits per heavy atom. The molecule has 0 unspecified atom stereocenters. The molecule has 1 heterocycles. The van der Waals surface area contributed by atoms with Crippen LogP contribution in [0.2, 0.25) is 0 Å². The first kappa shape index (κ1) is 16.4. The first-order valence-corrected chi connectivity index (χ1v) is 7.51. The van der Waals surface area contributed by atoms with Crippen molar-refractivity contribution in [3.8, 4) is 0 Å². The van der Waals surface area contributed by atoms with Gasteiger partial charge in [-0.3, -0.25) is 4.79 Å². The number of carbonyl (C=O) groups is 1. The van der Waals surface area contributed by atoms with Crippen LogP contribution < -0.4 is 0 Å². The summed E-state index contributed by atoms with van der Waals surface area (Å²) >= 11 is 0. The first-order valence-electron chi connectivity index (χ1n) is 7.51. The van der Waals surface area contributed by atoms with Crippen LogP contribution in [0.1, 0.15) is 66.2 Å². The van der Waals surface area contributed by atoms with Crippen LogP contribution in [0.3, 0.4) is 0 Å². The van der Waals surface area contributed by atoms with E-state index in [2.05, 4.69) is 20.8 Å². The fraction of sp³-hybridized carbons (Fsp3) is 0.933. The Labute approximate surface area is 116 Å². The Morgan fingerprint density at radius 2 is 2.00 bits per heavy atom. The summed E-state index contributed by atoms with van der Waals surface area (Å²) in [6.07, 6.45) is 5.99. The number of ether oxygens (including phenoxy) is 3. The minimum Gasteiger partial charge on any atom is -0.436 e. The van der Waals surface area contributed by atoms with E-state index in [1.165, 1.54) is 26.2 Å². The Kier molecular flexibility index (Phi) is 7.39. The second kappa shape index (κ2) is 8.54. The highest BCUT2D eigenvalue weighted by molar-refractivity contribution is 5.66. The fourth-order valence-electron chi connectivity index (χ4n) is 2.26. The molecular formula is C15H28O4. The second-order valence-electron chi connectivity index (χ2n) is 5.63. The van der Waals surface area contributed by atoms with Crippen molar-refractivity contribution in [3.63, 3.8) is 0 Å². The van der Waals surface area contributed by atoms with Crippen molar-refractivity contribution in [1.29, 1.82) is 0 Å². The Morgan fingerprint density at radius 1 is 1.26 bits per heavy atom. The maximum absolute atomic E-state index is 11.1. The van der Waals surface area contributed by atoms with Crippen LogP contribution in [-0.4, -0.2) is 24.7 Å². The van der Waals surface area contributed by atoms with Crippen molar-refractivity contribution in [2.24, 2.45) is 5.92 Å². The summed E-state index contributed by atoms with van der Waals surface area (Å²) in [6.45, 7) is 7.72. The van der Waals surface area contributed by atoms with Gasteiger partial charge in [0.05, 0.1) is 6.10 Å². The molecule has 1 saturated heterocycles. The van der Waals surface area contributed by atoms with E-state index in [0.29, 0.717) is 6.42 Å². The zero-order valence-electron chi connectivity index (χ0n) is 12.7. The molecule has 0 amide bonds. The summed E-state index contributed by atoms with van der Waals surface area (Å²) in [5, 5.41) is 0. The summed E-state index contributed by atoms with van der Waals surface area (Å²) in [7, 11) is 0. The highest BCUT2D eigenvalue weighted by atomic mass is 16.8. The zero-order chi connectivity index (χ0) is 14.3. The van der Waals surface area contributed by atoms with Gasteiger partial charge in [-0.2, -0.15) is 0 Å². The lowest BCUT2D eigenvalue weighted by Gasteiger charge is -2.36. The minimum absolute atomic E-state index is 0.141. The van der Waals surface area contributed by atoms with Gasteiger partial charge >= 0.3 is 5.97 Å². The van der Waals surface area contributed by atoms with Gasteiger partial charge in [0.1, 0.15) is 0 Å². The highest BCUT2D eigenvalue weighted by Gasteiger charge is 2.33. The average Bonchev–Trinajstić information content (AvgIpc) is 2.33. The van der Waals surface area contributed by atoms with E-state index in [0.717, 1.165) is 12.8 Å². The maximum Gasteiger partial charge on any atom is 0.304 e. The summed E-state index contributed by atoms with van der Waals surface area (Å²) in [5.74, 6) is -0.0318. The quantitative estimate of drug-likeness (QED) is 0.524. The Bertz CT molecular complexity index is 265. The number of hydrogen-bond donors (Lipinski definition) is 0. The van der Waals surface area contributed by atoms with Crippen LogP contribution in [0.5, 0.6) is 0 Å². The summed E-state index contributed by atoms with van der Waals surface area (Å²) in [4.78, 5) is 11.1. The molecule has 19 heavy (non-hydrogen) atoms. The summed E-state index contributed by atoms with van der Waals surface area (Å²) in [6, 6.07) is 0. The lowest BCUT2D eigenvalue weighted by atomic mass is 10.0. The molecule has 0 aliphatic carbocycles. The van der Waals surface area contributed by atoms with Crippen molar-refractivity contribution < 1.29 is 19.0 Å².